The van der Waals surface area contributed by atoms with E-state index in [2.05, 4.69) is 25.3 Å². The molecule has 0 unspecified atom stereocenters. The highest BCUT2D eigenvalue weighted by molar-refractivity contribution is 9.10. The molecule has 0 bridgehead atoms. The Bertz CT molecular complexity index is 1150. The molecule has 5 nitrogen and oxygen atoms in total. The van der Waals surface area contributed by atoms with Gasteiger partial charge in [0.2, 0.25) is 0 Å². The lowest BCUT2D eigenvalue weighted by molar-refractivity contribution is -0.137. The zero-order chi connectivity index (χ0) is 21.4. The summed E-state index contributed by atoms with van der Waals surface area (Å²) in [5.74, 6) is -4.47. The Morgan fingerprint density at radius 2 is 1.79 bits per heavy atom. The molecule has 1 heterocycles. The van der Waals surface area contributed by atoms with Gasteiger partial charge in [0.1, 0.15) is 33.6 Å². The number of ether oxygens (including phenoxy) is 1. The van der Waals surface area contributed by atoms with Gasteiger partial charge < -0.3 is 4.74 Å². The van der Waals surface area contributed by atoms with Gasteiger partial charge in [-0.3, -0.25) is 0 Å². The Kier molecular flexibility index (Phi) is 5.92. The second kappa shape index (κ2) is 7.95. The number of hydrogen-bond donors (Lipinski definition) is 0. The van der Waals surface area contributed by atoms with E-state index in [1.807, 2.05) is 0 Å². The van der Waals surface area contributed by atoms with Crippen LogP contribution in [0.15, 0.2) is 46.0 Å². The molecule has 0 amide bonds. The van der Waals surface area contributed by atoms with Crippen molar-refractivity contribution in [2.45, 2.75) is 16.8 Å². The summed E-state index contributed by atoms with van der Waals surface area (Å²) in [6, 6.07) is 3.36. The fraction of sp³-hybridized carbons (Fsp3) is 0.125. The van der Waals surface area contributed by atoms with Crippen molar-refractivity contribution in [3.63, 3.8) is 0 Å². The zero-order valence-corrected chi connectivity index (χ0v) is 17.1. The zero-order valence-electron chi connectivity index (χ0n) is 13.9. The molecule has 154 valence electrons. The third kappa shape index (κ3) is 5.08. The van der Waals surface area contributed by atoms with Crippen molar-refractivity contribution in [2.24, 2.45) is 0 Å². The molecule has 0 aliphatic heterocycles. The van der Waals surface area contributed by atoms with Gasteiger partial charge in [-0.1, -0.05) is 15.9 Å². The largest absolute Gasteiger partial charge is 0.454 e. The van der Waals surface area contributed by atoms with Crippen LogP contribution >= 0.6 is 27.5 Å². The Labute approximate surface area is 173 Å². The lowest BCUT2D eigenvalue weighted by atomic mass is 10.2. The van der Waals surface area contributed by atoms with E-state index >= 15 is 0 Å². The first kappa shape index (κ1) is 21.6. The van der Waals surface area contributed by atoms with Gasteiger partial charge in [-0.25, -0.2) is 22.2 Å². The molecule has 0 N–H and O–H groups in total. The van der Waals surface area contributed by atoms with E-state index in [9.17, 15) is 30.4 Å². The molecule has 2 aromatic carbocycles. The van der Waals surface area contributed by atoms with Gasteiger partial charge in [0.15, 0.2) is 21.4 Å². The van der Waals surface area contributed by atoms with Crippen LogP contribution in [0.3, 0.4) is 0 Å². The number of nitrogens with zero attached hydrogens (tertiary/aromatic N) is 2. The third-order valence-electron chi connectivity index (χ3n) is 3.47. The minimum atomic E-state index is -4.69. The van der Waals surface area contributed by atoms with Gasteiger partial charge in [-0.15, -0.1) is 0 Å². The average Bonchev–Trinajstić information content (AvgIpc) is 3.08. The van der Waals surface area contributed by atoms with Crippen molar-refractivity contribution >= 4 is 37.3 Å². The van der Waals surface area contributed by atoms with E-state index < -0.39 is 55.4 Å². The number of sulfone groups is 1. The molecule has 0 aliphatic rings. The smallest absolute Gasteiger partial charge is 0.416 e. The van der Waals surface area contributed by atoms with Crippen LogP contribution in [0.5, 0.6) is 11.5 Å². The van der Waals surface area contributed by atoms with Gasteiger partial charge in [0.05, 0.1) is 5.56 Å². The highest BCUT2D eigenvalue weighted by Gasteiger charge is 2.31. The summed E-state index contributed by atoms with van der Waals surface area (Å²) in [5, 5.41) is 0.0824. The van der Waals surface area contributed by atoms with Crippen LogP contribution in [0.4, 0.5) is 22.0 Å². The summed E-state index contributed by atoms with van der Waals surface area (Å²) >= 11 is 3.67. The molecule has 29 heavy (non-hydrogen) atoms. The SMILES string of the molecule is O=S(=O)(Cc1ncns1)c1cc(F)c(Oc2cc(Br)cc(C(F)(F)F)c2)cc1F. The maximum atomic E-state index is 14.4. The predicted octanol–water partition coefficient (Wildman–Crippen LogP) is 5.36. The third-order valence-corrected chi connectivity index (χ3v) is 6.41. The molecule has 1 aromatic heterocycles. The molecule has 0 radical (unpaired) electrons. The summed E-state index contributed by atoms with van der Waals surface area (Å²) in [5.41, 5.74) is -1.07. The van der Waals surface area contributed by atoms with Crippen LogP contribution in [0, 0.1) is 11.6 Å². The lowest BCUT2D eigenvalue weighted by Crippen LogP contribution is -2.08. The van der Waals surface area contributed by atoms with Crippen LogP contribution in [0.25, 0.3) is 0 Å². The van der Waals surface area contributed by atoms with Crippen LogP contribution in [-0.2, 0) is 21.8 Å². The number of halogens is 6. The van der Waals surface area contributed by atoms with E-state index in [-0.39, 0.29) is 9.48 Å². The highest BCUT2D eigenvalue weighted by Crippen LogP contribution is 2.36. The molecule has 0 saturated heterocycles. The van der Waals surface area contributed by atoms with Crippen molar-refractivity contribution < 1.29 is 35.1 Å². The molecule has 0 aliphatic carbocycles. The topological polar surface area (TPSA) is 69.2 Å². The summed E-state index contributed by atoms with van der Waals surface area (Å²) in [4.78, 5) is 2.75. The summed E-state index contributed by atoms with van der Waals surface area (Å²) in [7, 11) is -4.28. The maximum absolute atomic E-state index is 14.4. The van der Waals surface area contributed by atoms with Gasteiger partial charge in [0.25, 0.3) is 0 Å². The Balaban J connectivity index is 1.94. The Morgan fingerprint density at radius 3 is 2.41 bits per heavy atom. The quantitative estimate of drug-likeness (QED) is 0.428. The van der Waals surface area contributed by atoms with Gasteiger partial charge >= 0.3 is 6.18 Å². The minimum Gasteiger partial charge on any atom is -0.454 e. The molecule has 13 heteroatoms. The summed E-state index contributed by atoms with van der Waals surface area (Å²) in [6.07, 6.45) is -3.56. The number of hydrogen-bond acceptors (Lipinski definition) is 6. The van der Waals surface area contributed by atoms with Gasteiger partial charge in [0, 0.05) is 10.5 Å². The second-order valence-corrected chi connectivity index (χ2v) is 9.32. The predicted molar refractivity (Wildman–Crippen MR) is 96.4 cm³/mol. The molecule has 0 fully saturated rings. The lowest BCUT2D eigenvalue weighted by Gasteiger charge is -2.13. The van der Waals surface area contributed by atoms with E-state index in [0.29, 0.717) is 18.2 Å². The van der Waals surface area contributed by atoms with Crippen LogP contribution < -0.4 is 4.74 Å². The fourth-order valence-electron chi connectivity index (χ4n) is 2.24. The molecule has 3 rings (SSSR count). The fourth-order valence-corrected chi connectivity index (χ4v) is 4.89. The molecular formula is C16H8BrF5N2O3S2. The van der Waals surface area contributed by atoms with Gasteiger partial charge in [-0.2, -0.15) is 17.5 Å². The molecule has 0 spiro atoms. The first-order valence-corrected chi connectivity index (χ1v) is 10.7. The maximum Gasteiger partial charge on any atom is 0.416 e. The number of alkyl halides is 3. The van der Waals surface area contributed by atoms with Crippen molar-refractivity contribution in [1.29, 1.82) is 0 Å². The Hall–Kier alpha value is -2.12. The van der Waals surface area contributed by atoms with Crippen molar-refractivity contribution in [1.82, 2.24) is 9.36 Å². The van der Waals surface area contributed by atoms with Crippen molar-refractivity contribution in [3.05, 3.63) is 63.3 Å². The van der Waals surface area contributed by atoms with E-state index in [4.69, 9.17) is 4.74 Å². The van der Waals surface area contributed by atoms with Crippen LogP contribution in [0.2, 0.25) is 0 Å². The minimum absolute atomic E-state index is 0.000500. The standard InChI is InChI=1S/C16H8BrF5N2O3S2/c17-9-1-8(16(20,21)22)2-10(3-9)27-13-4-12(19)14(5-11(13)18)29(25,26)6-15-23-7-24-28-15/h1-5,7H,6H2. The van der Waals surface area contributed by atoms with E-state index in [1.54, 1.807) is 0 Å². The molecule has 0 saturated carbocycles. The van der Waals surface area contributed by atoms with Crippen molar-refractivity contribution in [3.8, 4) is 11.5 Å². The summed E-state index contributed by atoms with van der Waals surface area (Å²) in [6.45, 7) is 0. The van der Waals surface area contributed by atoms with Crippen molar-refractivity contribution in [2.75, 3.05) is 0 Å². The van der Waals surface area contributed by atoms with E-state index in [0.717, 1.165) is 30.0 Å². The van der Waals surface area contributed by atoms with E-state index in [1.165, 1.54) is 0 Å². The first-order chi connectivity index (χ1) is 13.5. The molecular weight excluding hydrogens is 507 g/mol. The summed E-state index contributed by atoms with van der Waals surface area (Å²) < 4.78 is 101. The molecule has 0 atom stereocenters. The number of rotatable bonds is 5. The second-order valence-electron chi connectivity index (χ2n) is 5.58. The van der Waals surface area contributed by atoms with Crippen LogP contribution in [0.1, 0.15) is 10.6 Å². The highest BCUT2D eigenvalue weighted by atomic mass is 79.9. The molecule has 3 aromatic rings. The monoisotopic (exact) mass is 514 g/mol. The first-order valence-electron chi connectivity index (χ1n) is 7.49. The number of aromatic nitrogens is 2. The Morgan fingerprint density at radius 1 is 1.07 bits per heavy atom. The normalized spacial score (nSPS) is 12.2. The average molecular weight is 515 g/mol. The number of benzene rings is 2. The van der Waals surface area contributed by atoms with Gasteiger partial charge in [-0.05, 0) is 35.8 Å². The van der Waals surface area contributed by atoms with Crippen LogP contribution in [-0.4, -0.2) is 17.8 Å².